The third kappa shape index (κ3) is 6.88. The molecule has 0 amide bonds. The second-order valence-electron chi connectivity index (χ2n) is 17.0. The number of ether oxygens (including phenoxy) is 1. The SMILES string of the molecule is Cc1cccc(C)c1-c1cc(C)c(-c2ccnc(-n3c4ccccc4c4ccc(Oc5cc(-c6ncn(-c7c(C)cccc7C)n6)cc(C(C)(C)C)c5)cc43)c2)c(C)c1. The average Bonchev–Trinajstić information content (AvgIpc) is 3.80. The van der Waals surface area contributed by atoms with Crippen molar-refractivity contribution < 1.29 is 4.74 Å². The fourth-order valence-corrected chi connectivity index (χ4v) is 8.82. The van der Waals surface area contributed by atoms with Crippen molar-refractivity contribution in [3.63, 3.8) is 0 Å². The van der Waals surface area contributed by atoms with Crippen molar-refractivity contribution in [1.82, 2.24) is 24.3 Å². The number of fused-ring (bicyclic) bond motifs is 3. The van der Waals surface area contributed by atoms with Crippen LogP contribution in [0.15, 0.2) is 134 Å². The highest BCUT2D eigenvalue weighted by Crippen LogP contribution is 2.39. The summed E-state index contributed by atoms with van der Waals surface area (Å²) >= 11 is 0. The Hall–Kier alpha value is -6.79. The molecule has 0 saturated heterocycles. The van der Waals surface area contributed by atoms with Gasteiger partial charge in [0.15, 0.2) is 5.82 Å². The molecular weight excluding hydrogens is 723 g/mol. The van der Waals surface area contributed by atoms with Crippen molar-refractivity contribution in [3.05, 3.63) is 173 Å². The van der Waals surface area contributed by atoms with Crippen LogP contribution in [0.2, 0.25) is 0 Å². The molecule has 0 radical (unpaired) electrons. The minimum Gasteiger partial charge on any atom is -0.457 e. The van der Waals surface area contributed by atoms with Crippen molar-refractivity contribution in [2.45, 2.75) is 67.7 Å². The number of aromatic nitrogens is 5. The molecule has 6 nitrogen and oxygen atoms in total. The van der Waals surface area contributed by atoms with Gasteiger partial charge in [-0.3, -0.25) is 4.57 Å². The summed E-state index contributed by atoms with van der Waals surface area (Å²) in [6, 6.07) is 43.1. The van der Waals surface area contributed by atoms with Crippen LogP contribution in [0.5, 0.6) is 11.5 Å². The van der Waals surface area contributed by atoms with Gasteiger partial charge in [-0.05, 0) is 157 Å². The summed E-state index contributed by atoms with van der Waals surface area (Å²) in [6.45, 7) is 19.7. The molecule has 0 bridgehead atoms. The highest BCUT2D eigenvalue weighted by atomic mass is 16.5. The molecule has 6 aromatic carbocycles. The lowest BCUT2D eigenvalue weighted by atomic mass is 9.86. The van der Waals surface area contributed by atoms with Gasteiger partial charge in [-0.15, -0.1) is 5.10 Å². The van der Waals surface area contributed by atoms with E-state index in [-0.39, 0.29) is 5.41 Å². The van der Waals surface area contributed by atoms with E-state index >= 15 is 0 Å². The van der Waals surface area contributed by atoms with Gasteiger partial charge in [-0.2, -0.15) is 0 Å². The van der Waals surface area contributed by atoms with Crippen LogP contribution in [-0.2, 0) is 5.41 Å². The van der Waals surface area contributed by atoms with Gasteiger partial charge in [-0.25, -0.2) is 14.6 Å². The van der Waals surface area contributed by atoms with Crippen LogP contribution in [0.4, 0.5) is 0 Å². The largest absolute Gasteiger partial charge is 0.457 e. The van der Waals surface area contributed by atoms with E-state index in [4.69, 9.17) is 19.8 Å². The lowest BCUT2D eigenvalue weighted by molar-refractivity contribution is 0.479. The van der Waals surface area contributed by atoms with Gasteiger partial charge in [0, 0.05) is 28.6 Å². The maximum Gasteiger partial charge on any atom is 0.181 e. The van der Waals surface area contributed by atoms with Crippen molar-refractivity contribution >= 4 is 21.8 Å². The van der Waals surface area contributed by atoms with Gasteiger partial charge in [0.25, 0.3) is 0 Å². The topological polar surface area (TPSA) is 57.8 Å². The Morgan fingerprint density at radius 1 is 0.508 bits per heavy atom. The van der Waals surface area contributed by atoms with Crippen molar-refractivity contribution in [1.29, 1.82) is 0 Å². The molecule has 0 unspecified atom stereocenters. The maximum absolute atomic E-state index is 6.79. The Kier molecular flexibility index (Phi) is 9.31. The number of nitrogens with zero attached hydrogens (tertiary/aromatic N) is 5. The number of rotatable bonds is 7. The Bertz CT molecular complexity index is 3020. The highest BCUT2D eigenvalue weighted by Gasteiger charge is 2.21. The second kappa shape index (κ2) is 14.5. The predicted molar refractivity (Wildman–Crippen MR) is 243 cm³/mol. The molecule has 0 fully saturated rings. The smallest absolute Gasteiger partial charge is 0.181 e. The number of aryl methyl sites for hydroxylation is 6. The Morgan fingerprint density at radius 3 is 1.88 bits per heavy atom. The molecule has 0 aliphatic heterocycles. The summed E-state index contributed by atoms with van der Waals surface area (Å²) in [7, 11) is 0. The minimum atomic E-state index is -0.132. The predicted octanol–water partition coefficient (Wildman–Crippen LogP) is 13.7. The number of benzene rings is 6. The van der Waals surface area contributed by atoms with E-state index in [1.807, 2.05) is 16.9 Å². The Labute approximate surface area is 346 Å². The quantitative estimate of drug-likeness (QED) is 0.162. The summed E-state index contributed by atoms with van der Waals surface area (Å²) in [4.78, 5) is 9.77. The zero-order chi connectivity index (χ0) is 41.2. The van der Waals surface area contributed by atoms with Crippen molar-refractivity contribution in [2.24, 2.45) is 0 Å². The second-order valence-corrected chi connectivity index (χ2v) is 17.0. The zero-order valence-corrected chi connectivity index (χ0v) is 35.3. The summed E-state index contributed by atoms with van der Waals surface area (Å²) in [5.41, 5.74) is 17.4. The molecule has 6 heteroatoms. The van der Waals surface area contributed by atoms with Crippen molar-refractivity contribution in [2.75, 3.05) is 0 Å². The van der Waals surface area contributed by atoms with Crippen LogP contribution < -0.4 is 4.74 Å². The van der Waals surface area contributed by atoms with Gasteiger partial charge in [0.05, 0.1) is 16.7 Å². The van der Waals surface area contributed by atoms with E-state index in [9.17, 15) is 0 Å². The maximum atomic E-state index is 6.79. The standard InChI is InChI=1S/C53H49N5O/c1-32-14-12-15-33(2)49(32)39-24-36(5)50(37(6)25-39)38-22-23-54-48(28-38)58-46-19-11-10-18-44(46)45-21-20-42(30-47(45)58)59-43-27-40(26-41(29-43)53(7,8)9)52-55-31-57(56-52)51-34(3)16-13-17-35(51)4/h10-31H,1-9H3. The van der Waals surface area contributed by atoms with Gasteiger partial charge in [0.2, 0.25) is 0 Å². The van der Waals surface area contributed by atoms with Crippen LogP contribution >= 0.6 is 0 Å². The van der Waals surface area contributed by atoms with E-state index in [1.54, 1.807) is 6.33 Å². The third-order valence-corrected chi connectivity index (χ3v) is 11.6. The summed E-state index contributed by atoms with van der Waals surface area (Å²) in [6.07, 6.45) is 3.73. The van der Waals surface area contributed by atoms with E-state index < -0.39 is 0 Å². The van der Waals surface area contributed by atoms with Crippen LogP contribution in [0.25, 0.3) is 67.0 Å². The molecule has 3 heterocycles. The molecule has 0 spiro atoms. The molecule has 292 valence electrons. The molecule has 3 aromatic heterocycles. The fourth-order valence-electron chi connectivity index (χ4n) is 8.82. The van der Waals surface area contributed by atoms with Crippen molar-refractivity contribution in [3.8, 4) is 56.6 Å². The average molecular weight is 772 g/mol. The van der Waals surface area contributed by atoms with E-state index in [2.05, 4.69) is 182 Å². The van der Waals surface area contributed by atoms with Gasteiger partial charge in [0.1, 0.15) is 23.6 Å². The number of pyridine rings is 1. The van der Waals surface area contributed by atoms with Gasteiger partial charge < -0.3 is 4.74 Å². The van der Waals surface area contributed by atoms with E-state index in [0.717, 1.165) is 72.6 Å². The first-order valence-corrected chi connectivity index (χ1v) is 20.3. The van der Waals surface area contributed by atoms with Crippen LogP contribution in [0.1, 0.15) is 59.7 Å². The van der Waals surface area contributed by atoms with Gasteiger partial charge in [-0.1, -0.05) is 87.5 Å². The van der Waals surface area contributed by atoms with E-state index in [0.29, 0.717) is 5.82 Å². The van der Waals surface area contributed by atoms with Crippen LogP contribution in [0.3, 0.4) is 0 Å². The number of hydrogen-bond acceptors (Lipinski definition) is 4. The molecule has 0 aliphatic carbocycles. The van der Waals surface area contributed by atoms with E-state index in [1.165, 1.54) is 38.9 Å². The lowest BCUT2D eigenvalue weighted by Gasteiger charge is -2.21. The Morgan fingerprint density at radius 2 is 1.17 bits per heavy atom. The number of hydrogen-bond donors (Lipinski definition) is 0. The molecule has 0 N–H and O–H groups in total. The van der Waals surface area contributed by atoms with Gasteiger partial charge >= 0.3 is 0 Å². The molecule has 9 rings (SSSR count). The normalized spacial score (nSPS) is 11.8. The summed E-state index contributed by atoms with van der Waals surface area (Å²) in [5.74, 6) is 2.97. The van der Waals surface area contributed by atoms with Crippen LogP contribution in [0, 0.1) is 41.5 Å². The zero-order valence-electron chi connectivity index (χ0n) is 35.3. The number of para-hydroxylation sites is 2. The lowest BCUT2D eigenvalue weighted by Crippen LogP contribution is -2.11. The first kappa shape index (κ1) is 37.8. The highest BCUT2D eigenvalue weighted by molar-refractivity contribution is 6.09. The molecular formula is C53H49N5O. The molecule has 0 aliphatic rings. The molecule has 59 heavy (non-hydrogen) atoms. The Balaban J connectivity index is 1.12. The third-order valence-electron chi connectivity index (χ3n) is 11.6. The molecule has 0 saturated carbocycles. The molecule has 9 aromatic rings. The fraction of sp³-hybridized carbons (Fsp3) is 0.189. The summed E-state index contributed by atoms with van der Waals surface area (Å²) in [5, 5.41) is 7.25. The monoisotopic (exact) mass is 771 g/mol. The molecule has 0 atom stereocenters. The first-order chi connectivity index (χ1) is 28.3. The van der Waals surface area contributed by atoms with Crippen LogP contribution in [-0.4, -0.2) is 24.3 Å². The summed E-state index contributed by atoms with van der Waals surface area (Å²) < 4.78 is 10.9. The minimum absolute atomic E-state index is 0.132. The first-order valence-electron chi connectivity index (χ1n) is 20.3.